The third-order valence-electron chi connectivity index (χ3n) is 4.10. The molecule has 1 atom stereocenters. The van der Waals surface area contributed by atoms with Crippen LogP contribution in [0.15, 0.2) is 24.3 Å². The van der Waals surface area contributed by atoms with Crippen LogP contribution >= 0.6 is 0 Å². The number of rotatable bonds is 2. The van der Waals surface area contributed by atoms with E-state index in [9.17, 15) is 10.2 Å². The lowest BCUT2D eigenvalue weighted by Crippen LogP contribution is -2.31. The van der Waals surface area contributed by atoms with Crippen molar-refractivity contribution in [2.75, 3.05) is 0 Å². The maximum absolute atomic E-state index is 10.8. The molecular weight excluding hydrogens is 212 g/mol. The van der Waals surface area contributed by atoms with Gasteiger partial charge in [0.1, 0.15) is 5.75 Å². The van der Waals surface area contributed by atoms with Gasteiger partial charge in [0.15, 0.2) is 0 Å². The van der Waals surface area contributed by atoms with Gasteiger partial charge in [-0.25, -0.2) is 0 Å². The van der Waals surface area contributed by atoms with Crippen molar-refractivity contribution in [2.24, 2.45) is 5.92 Å². The summed E-state index contributed by atoms with van der Waals surface area (Å²) in [7, 11) is 0. The van der Waals surface area contributed by atoms with E-state index in [1.165, 1.54) is 25.7 Å². The second-order valence-corrected chi connectivity index (χ2v) is 5.35. The minimum absolute atomic E-state index is 0.210. The van der Waals surface area contributed by atoms with Gasteiger partial charge in [0.25, 0.3) is 0 Å². The summed E-state index contributed by atoms with van der Waals surface area (Å²) >= 11 is 0. The molecule has 1 unspecified atom stereocenters. The average Bonchev–Trinajstić information content (AvgIpc) is 2.58. The third kappa shape index (κ3) is 2.63. The van der Waals surface area contributed by atoms with E-state index in [0.717, 1.165) is 12.8 Å². The summed E-state index contributed by atoms with van der Waals surface area (Å²) in [4.78, 5) is 0. The highest BCUT2D eigenvalue weighted by Crippen LogP contribution is 2.41. The zero-order chi connectivity index (χ0) is 12.3. The molecule has 2 nitrogen and oxygen atoms in total. The second-order valence-electron chi connectivity index (χ2n) is 5.35. The molecule has 1 aliphatic carbocycles. The Morgan fingerprint density at radius 1 is 1.06 bits per heavy atom. The predicted octanol–water partition coefficient (Wildman–Crippen LogP) is 3.57. The summed E-state index contributed by atoms with van der Waals surface area (Å²) in [6.07, 6.45) is 7.03. The molecule has 0 bridgehead atoms. The molecule has 0 radical (unpaired) electrons. The Morgan fingerprint density at radius 3 is 2.24 bits per heavy atom. The Kier molecular flexibility index (Phi) is 3.72. The van der Waals surface area contributed by atoms with Crippen molar-refractivity contribution < 1.29 is 10.2 Å². The van der Waals surface area contributed by atoms with E-state index < -0.39 is 5.60 Å². The van der Waals surface area contributed by atoms with Crippen LogP contribution in [0.2, 0.25) is 0 Å². The SMILES string of the molecule is CC(O)(c1ccccc1O)C1CCCCCC1. The van der Waals surface area contributed by atoms with Crippen molar-refractivity contribution in [3.05, 3.63) is 29.8 Å². The molecule has 1 aromatic carbocycles. The Hall–Kier alpha value is -1.02. The first-order valence-electron chi connectivity index (χ1n) is 6.63. The predicted molar refractivity (Wildman–Crippen MR) is 68.9 cm³/mol. The molecule has 0 heterocycles. The monoisotopic (exact) mass is 234 g/mol. The molecule has 1 saturated carbocycles. The quantitative estimate of drug-likeness (QED) is 0.768. The van der Waals surface area contributed by atoms with E-state index in [1.54, 1.807) is 12.1 Å². The second kappa shape index (κ2) is 5.09. The van der Waals surface area contributed by atoms with E-state index in [2.05, 4.69) is 0 Å². The molecule has 1 aliphatic rings. The van der Waals surface area contributed by atoms with Crippen LogP contribution < -0.4 is 0 Å². The summed E-state index contributed by atoms with van der Waals surface area (Å²) in [5.74, 6) is 0.472. The van der Waals surface area contributed by atoms with Gasteiger partial charge in [-0.1, -0.05) is 43.9 Å². The first kappa shape index (κ1) is 12.4. The average molecular weight is 234 g/mol. The molecule has 0 spiro atoms. The largest absolute Gasteiger partial charge is 0.508 e. The molecule has 1 fully saturated rings. The smallest absolute Gasteiger partial charge is 0.121 e. The van der Waals surface area contributed by atoms with Gasteiger partial charge in [-0.2, -0.15) is 0 Å². The topological polar surface area (TPSA) is 40.5 Å². The maximum Gasteiger partial charge on any atom is 0.121 e. The first-order chi connectivity index (χ1) is 8.12. The van der Waals surface area contributed by atoms with Crippen LogP contribution in [-0.4, -0.2) is 10.2 Å². The highest BCUT2D eigenvalue weighted by Gasteiger charge is 2.35. The van der Waals surface area contributed by atoms with Gasteiger partial charge in [-0.3, -0.25) is 0 Å². The zero-order valence-electron chi connectivity index (χ0n) is 10.5. The Morgan fingerprint density at radius 2 is 1.65 bits per heavy atom. The van der Waals surface area contributed by atoms with Gasteiger partial charge in [0, 0.05) is 5.56 Å². The number of aromatic hydroxyl groups is 1. The zero-order valence-corrected chi connectivity index (χ0v) is 10.5. The fourth-order valence-electron chi connectivity index (χ4n) is 2.96. The third-order valence-corrected chi connectivity index (χ3v) is 4.10. The van der Waals surface area contributed by atoms with E-state index in [0.29, 0.717) is 5.56 Å². The van der Waals surface area contributed by atoms with Crippen LogP contribution in [0.5, 0.6) is 5.75 Å². The van der Waals surface area contributed by atoms with E-state index in [-0.39, 0.29) is 11.7 Å². The summed E-state index contributed by atoms with van der Waals surface area (Å²) in [5, 5.41) is 20.6. The van der Waals surface area contributed by atoms with Gasteiger partial charge < -0.3 is 10.2 Å². The standard InChI is InChI=1S/C15H22O2/c1-15(17,12-8-4-2-3-5-9-12)13-10-6-7-11-14(13)16/h6-7,10-12,16-17H,2-5,8-9H2,1H3. The summed E-state index contributed by atoms with van der Waals surface area (Å²) in [5.41, 5.74) is -0.234. The molecular formula is C15H22O2. The lowest BCUT2D eigenvalue weighted by atomic mass is 9.78. The Bertz CT molecular complexity index is 363. The number of para-hydroxylation sites is 1. The van der Waals surface area contributed by atoms with Crippen LogP contribution in [0.25, 0.3) is 0 Å². The van der Waals surface area contributed by atoms with Crippen molar-refractivity contribution in [1.29, 1.82) is 0 Å². The van der Waals surface area contributed by atoms with Gasteiger partial charge in [-0.05, 0) is 31.7 Å². The molecule has 17 heavy (non-hydrogen) atoms. The lowest BCUT2D eigenvalue weighted by molar-refractivity contribution is -0.0144. The minimum atomic E-state index is -0.907. The number of aliphatic hydroxyl groups is 1. The van der Waals surface area contributed by atoms with Crippen molar-refractivity contribution in [2.45, 2.75) is 51.0 Å². The number of hydrogen-bond acceptors (Lipinski definition) is 2. The highest BCUT2D eigenvalue weighted by molar-refractivity contribution is 5.36. The van der Waals surface area contributed by atoms with Crippen LogP contribution in [0, 0.1) is 5.92 Å². The van der Waals surface area contributed by atoms with Gasteiger partial charge in [0.2, 0.25) is 0 Å². The summed E-state index contributed by atoms with van der Waals surface area (Å²) in [6.45, 7) is 1.85. The van der Waals surface area contributed by atoms with Crippen LogP contribution in [0.3, 0.4) is 0 Å². The molecule has 2 rings (SSSR count). The molecule has 94 valence electrons. The Labute approximate surface area is 103 Å². The summed E-state index contributed by atoms with van der Waals surface area (Å²) < 4.78 is 0. The van der Waals surface area contributed by atoms with Crippen LogP contribution in [-0.2, 0) is 5.60 Å². The van der Waals surface area contributed by atoms with Crippen LogP contribution in [0.1, 0.15) is 51.0 Å². The first-order valence-corrected chi connectivity index (χ1v) is 6.63. The number of benzene rings is 1. The molecule has 2 heteroatoms. The lowest BCUT2D eigenvalue weighted by Gasteiger charge is -2.33. The Balaban J connectivity index is 2.25. The van der Waals surface area contributed by atoms with E-state index >= 15 is 0 Å². The van der Waals surface area contributed by atoms with Crippen molar-refractivity contribution >= 4 is 0 Å². The summed E-state index contributed by atoms with van der Waals surface area (Å²) in [6, 6.07) is 7.16. The molecule has 0 aliphatic heterocycles. The maximum atomic E-state index is 10.8. The van der Waals surface area contributed by atoms with Crippen LogP contribution in [0.4, 0.5) is 0 Å². The molecule has 0 aromatic heterocycles. The number of phenols is 1. The number of hydrogen-bond donors (Lipinski definition) is 2. The molecule has 1 aromatic rings. The normalized spacial score (nSPS) is 21.8. The fraction of sp³-hybridized carbons (Fsp3) is 0.600. The van der Waals surface area contributed by atoms with Crippen molar-refractivity contribution in [3.8, 4) is 5.75 Å². The molecule has 2 N–H and O–H groups in total. The molecule has 0 saturated heterocycles. The van der Waals surface area contributed by atoms with Gasteiger partial charge >= 0.3 is 0 Å². The minimum Gasteiger partial charge on any atom is -0.508 e. The van der Waals surface area contributed by atoms with Gasteiger partial charge in [0.05, 0.1) is 5.60 Å². The number of phenolic OH excluding ortho intramolecular Hbond substituents is 1. The van der Waals surface area contributed by atoms with Crippen molar-refractivity contribution in [1.82, 2.24) is 0 Å². The highest BCUT2D eigenvalue weighted by atomic mass is 16.3. The van der Waals surface area contributed by atoms with E-state index in [4.69, 9.17) is 0 Å². The fourth-order valence-corrected chi connectivity index (χ4v) is 2.96. The van der Waals surface area contributed by atoms with Gasteiger partial charge in [-0.15, -0.1) is 0 Å². The molecule has 0 amide bonds. The van der Waals surface area contributed by atoms with Crippen molar-refractivity contribution in [3.63, 3.8) is 0 Å². The van der Waals surface area contributed by atoms with E-state index in [1.807, 2.05) is 19.1 Å².